The van der Waals surface area contributed by atoms with Crippen molar-refractivity contribution in [3.63, 3.8) is 0 Å². The maximum atomic E-state index is 12.0. The molecule has 144 valence electrons. The first-order valence-electron chi connectivity index (χ1n) is 8.54. The Balaban J connectivity index is 1.72. The average molecular weight is 372 g/mol. The molecule has 27 heavy (non-hydrogen) atoms. The van der Waals surface area contributed by atoms with Crippen LogP contribution < -0.4 is 15.2 Å². The van der Waals surface area contributed by atoms with E-state index in [1.807, 2.05) is 30.3 Å². The summed E-state index contributed by atoms with van der Waals surface area (Å²) in [6, 6.07) is 15.3. The third kappa shape index (κ3) is 6.99. The highest BCUT2D eigenvalue weighted by Gasteiger charge is 2.16. The van der Waals surface area contributed by atoms with Gasteiger partial charge in [-0.05, 0) is 36.2 Å². The molecule has 0 unspecified atom stereocenters. The van der Waals surface area contributed by atoms with Gasteiger partial charge in [-0.3, -0.25) is 4.79 Å². The number of ether oxygens (including phenoxy) is 3. The maximum absolute atomic E-state index is 12.0. The Morgan fingerprint density at radius 3 is 2.26 bits per heavy atom. The van der Waals surface area contributed by atoms with Crippen LogP contribution in [-0.4, -0.2) is 50.3 Å². The number of nitrogens with zero attached hydrogens (tertiary/aromatic N) is 1. The highest BCUT2D eigenvalue weighted by atomic mass is 16.6. The fraction of sp³-hybridized carbons (Fsp3) is 0.300. The molecule has 0 fully saturated rings. The Morgan fingerprint density at radius 1 is 0.963 bits per heavy atom. The van der Waals surface area contributed by atoms with Crippen LogP contribution in [0.25, 0.3) is 0 Å². The highest BCUT2D eigenvalue weighted by molar-refractivity contribution is 5.76. The second-order valence-corrected chi connectivity index (χ2v) is 6.05. The normalized spacial score (nSPS) is 11.4. The van der Waals surface area contributed by atoms with E-state index in [1.54, 1.807) is 38.4 Å². The van der Waals surface area contributed by atoms with Crippen molar-refractivity contribution in [3.8, 4) is 11.5 Å². The van der Waals surface area contributed by atoms with Crippen LogP contribution in [0.2, 0.25) is 0 Å². The first-order chi connectivity index (χ1) is 13.0. The number of carbonyl (C=O) groups is 2. The Hall–Kier alpha value is -3.06. The van der Waals surface area contributed by atoms with E-state index in [0.717, 1.165) is 5.56 Å². The SMILES string of the molecule is CN(C)C(=O)Oc1ccc(C[C@H](N)C(=O)OCCOc2ccccc2)cc1. The highest BCUT2D eigenvalue weighted by Crippen LogP contribution is 2.14. The summed E-state index contributed by atoms with van der Waals surface area (Å²) in [6.07, 6.45) is -0.138. The van der Waals surface area contributed by atoms with Gasteiger partial charge < -0.3 is 24.8 Å². The molecule has 7 heteroatoms. The first kappa shape index (κ1) is 20.3. The number of amides is 1. The lowest BCUT2D eigenvalue weighted by atomic mass is 10.1. The Morgan fingerprint density at radius 2 is 1.63 bits per heavy atom. The van der Waals surface area contributed by atoms with Crippen LogP contribution in [0.4, 0.5) is 4.79 Å². The van der Waals surface area contributed by atoms with E-state index < -0.39 is 18.1 Å². The van der Waals surface area contributed by atoms with Crippen molar-refractivity contribution >= 4 is 12.1 Å². The molecule has 0 heterocycles. The van der Waals surface area contributed by atoms with Crippen molar-refractivity contribution in [2.24, 2.45) is 5.73 Å². The van der Waals surface area contributed by atoms with Gasteiger partial charge in [-0.2, -0.15) is 0 Å². The molecule has 0 aliphatic carbocycles. The van der Waals surface area contributed by atoms with Crippen LogP contribution >= 0.6 is 0 Å². The zero-order valence-electron chi connectivity index (χ0n) is 15.5. The minimum atomic E-state index is -0.781. The second kappa shape index (κ2) is 10.2. The zero-order chi connectivity index (χ0) is 19.6. The van der Waals surface area contributed by atoms with Gasteiger partial charge in [-0.1, -0.05) is 30.3 Å². The fourth-order valence-corrected chi connectivity index (χ4v) is 2.15. The smallest absolute Gasteiger partial charge is 0.414 e. The molecule has 1 amide bonds. The van der Waals surface area contributed by atoms with Crippen LogP contribution in [-0.2, 0) is 16.0 Å². The Kier molecular flexibility index (Phi) is 7.63. The molecule has 2 aromatic rings. The average Bonchev–Trinajstić information content (AvgIpc) is 2.67. The van der Waals surface area contributed by atoms with Crippen LogP contribution in [0.15, 0.2) is 54.6 Å². The lowest BCUT2D eigenvalue weighted by Crippen LogP contribution is -2.35. The van der Waals surface area contributed by atoms with Crippen molar-refractivity contribution in [3.05, 3.63) is 60.2 Å². The molecule has 0 spiro atoms. The third-order valence-corrected chi connectivity index (χ3v) is 3.59. The molecule has 0 saturated carbocycles. The van der Waals surface area contributed by atoms with Gasteiger partial charge in [-0.15, -0.1) is 0 Å². The van der Waals surface area contributed by atoms with Gasteiger partial charge in [0, 0.05) is 14.1 Å². The van der Waals surface area contributed by atoms with Crippen LogP contribution in [0.3, 0.4) is 0 Å². The van der Waals surface area contributed by atoms with E-state index in [4.69, 9.17) is 19.9 Å². The number of hydrogen-bond donors (Lipinski definition) is 1. The molecule has 2 aromatic carbocycles. The van der Waals surface area contributed by atoms with Crippen molar-refractivity contribution in [1.29, 1.82) is 0 Å². The summed E-state index contributed by atoms with van der Waals surface area (Å²) < 4.78 is 15.7. The van der Waals surface area contributed by atoms with E-state index in [9.17, 15) is 9.59 Å². The van der Waals surface area contributed by atoms with Crippen molar-refractivity contribution < 1.29 is 23.8 Å². The Labute approximate surface area is 158 Å². The monoisotopic (exact) mass is 372 g/mol. The predicted octanol–water partition coefficient (Wildman–Crippen LogP) is 2.24. The summed E-state index contributed by atoms with van der Waals surface area (Å²) in [6.45, 7) is 0.384. The molecule has 0 bridgehead atoms. The number of para-hydroxylation sites is 1. The molecule has 0 aromatic heterocycles. The predicted molar refractivity (Wildman–Crippen MR) is 101 cm³/mol. The van der Waals surface area contributed by atoms with Gasteiger partial charge in [-0.25, -0.2) is 4.79 Å². The quantitative estimate of drug-likeness (QED) is 0.564. The third-order valence-electron chi connectivity index (χ3n) is 3.59. The summed E-state index contributed by atoms with van der Waals surface area (Å²) in [4.78, 5) is 24.8. The van der Waals surface area contributed by atoms with Crippen LogP contribution in [0.1, 0.15) is 5.56 Å². The van der Waals surface area contributed by atoms with E-state index in [1.165, 1.54) is 4.90 Å². The van der Waals surface area contributed by atoms with E-state index in [2.05, 4.69) is 0 Å². The summed E-state index contributed by atoms with van der Waals surface area (Å²) in [5.74, 6) is 0.648. The van der Waals surface area contributed by atoms with Crippen LogP contribution in [0, 0.1) is 0 Å². The standard InChI is InChI=1S/C20H24N2O5/c1-22(2)20(24)27-17-10-8-15(9-11-17)14-18(21)19(23)26-13-12-25-16-6-4-3-5-7-16/h3-11,18H,12-14,21H2,1-2H3/t18-/m0/s1. The van der Waals surface area contributed by atoms with E-state index >= 15 is 0 Å². The molecule has 0 aliphatic heterocycles. The lowest BCUT2D eigenvalue weighted by molar-refractivity contribution is -0.145. The molecule has 0 saturated heterocycles. The maximum Gasteiger partial charge on any atom is 0.414 e. The number of nitrogens with two attached hydrogens (primary N) is 1. The van der Waals surface area contributed by atoms with Crippen molar-refractivity contribution in [2.75, 3.05) is 27.3 Å². The molecule has 0 aliphatic rings. The number of hydrogen-bond acceptors (Lipinski definition) is 6. The van der Waals surface area contributed by atoms with Gasteiger partial charge in [0.2, 0.25) is 0 Å². The number of esters is 1. The molecule has 0 radical (unpaired) electrons. The van der Waals surface area contributed by atoms with Gasteiger partial charge in [0.15, 0.2) is 0 Å². The molecule has 2 rings (SSSR count). The molecular formula is C20H24N2O5. The first-order valence-corrected chi connectivity index (χ1v) is 8.54. The summed E-state index contributed by atoms with van der Waals surface area (Å²) >= 11 is 0. The molecular weight excluding hydrogens is 348 g/mol. The molecule has 2 N–H and O–H groups in total. The number of rotatable bonds is 8. The topological polar surface area (TPSA) is 91.1 Å². The molecule has 1 atom stereocenters. The largest absolute Gasteiger partial charge is 0.490 e. The number of benzene rings is 2. The minimum Gasteiger partial charge on any atom is -0.490 e. The van der Waals surface area contributed by atoms with Gasteiger partial charge in [0.05, 0.1) is 0 Å². The van der Waals surface area contributed by atoms with Crippen LogP contribution in [0.5, 0.6) is 11.5 Å². The molecule has 7 nitrogen and oxygen atoms in total. The lowest BCUT2D eigenvalue weighted by Gasteiger charge is -2.13. The van der Waals surface area contributed by atoms with Gasteiger partial charge in [0.1, 0.15) is 30.8 Å². The van der Waals surface area contributed by atoms with Gasteiger partial charge in [0.25, 0.3) is 0 Å². The fourth-order valence-electron chi connectivity index (χ4n) is 2.15. The minimum absolute atomic E-state index is 0.126. The summed E-state index contributed by atoms with van der Waals surface area (Å²) in [7, 11) is 3.21. The summed E-state index contributed by atoms with van der Waals surface area (Å²) in [5.41, 5.74) is 6.73. The zero-order valence-corrected chi connectivity index (χ0v) is 15.5. The Bertz CT molecular complexity index is 732. The van der Waals surface area contributed by atoms with Crippen molar-refractivity contribution in [2.45, 2.75) is 12.5 Å². The van der Waals surface area contributed by atoms with Gasteiger partial charge >= 0.3 is 12.1 Å². The second-order valence-electron chi connectivity index (χ2n) is 6.05. The van der Waals surface area contributed by atoms with E-state index in [0.29, 0.717) is 17.9 Å². The van der Waals surface area contributed by atoms with Crippen molar-refractivity contribution in [1.82, 2.24) is 4.90 Å². The van der Waals surface area contributed by atoms with E-state index in [-0.39, 0.29) is 13.2 Å². The number of carbonyl (C=O) groups excluding carboxylic acids is 2. The summed E-state index contributed by atoms with van der Waals surface area (Å²) in [5, 5.41) is 0.